The van der Waals surface area contributed by atoms with Gasteiger partial charge in [-0.15, -0.1) is 11.3 Å². The molecule has 1 heterocycles. The summed E-state index contributed by atoms with van der Waals surface area (Å²) >= 11 is 1.52. The molecule has 140 valence electrons. The van der Waals surface area contributed by atoms with Gasteiger partial charge in [-0.25, -0.2) is 13.8 Å². The van der Waals surface area contributed by atoms with E-state index in [2.05, 4.69) is 4.98 Å². The maximum absolute atomic E-state index is 13.3. The Morgan fingerprint density at radius 1 is 1.07 bits per heavy atom. The molecule has 3 nitrogen and oxygen atoms in total. The summed E-state index contributed by atoms with van der Waals surface area (Å²) < 4.78 is 26.4. The molecular weight excluding hydrogens is 366 g/mol. The number of thiazole rings is 1. The van der Waals surface area contributed by atoms with Crippen LogP contribution in [0.1, 0.15) is 35.5 Å². The minimum Gasteiger partial charge on any atom is -0.306 e. The summed E-state index contributed by atoms with van der Waals surface area (Å²) in [5, 5.41) is 2.85. The molecule has 1 unspecified atom stereocenters. The quantitative estimate of drug-likeness (QED) is 0.564. The first kappa shape index (κ1) is 19.2. The van der Waals surface area contributed by atoms with E-state index in [9.17, 15) is 13.6 Å². The van der Waals surface area contributed by atoms with Crippen LogP contribution in [0, 0.1) is 18.6 Å². The third-order valence-electron chi connectivity index (χ3n) is 4.35. The van der Waals surface area contributed by atoms with Crippen molar-refractivity contribution in [1.29, 1.82) is 0 Å². The van der Waals surface area contributed by atoms with Crippen molar-refractivity contribution in [2.45, 2.75) is 32.7 Å². The number of hydrogen-bond donors (Lipinski definition) is 0. The smallest absolute Gasteiger partial charge is 0.227 e. The monoisotopic (exact) mass is 386 g/mol. The number of nitrogens with zero attached hydrogens (tertiary/aromatic N) is 2. The molecule has 6 heteroatoms. The highest BCUT2D eigenvalue weighted by molar-refractivity contribution is 7.09. The molecule has 27 heavy (non-hydrogen) atoms. The first-order valence-electron chi connectivity index (χ1n) is 8.65. The Balaban J connectivity index is 1.81. The SMILES string of the molecule is Cc1nc(CN(C(=O)CC(C)c2ccc(F)cc2)c2ccc(F)cc2)cs1. The lowest BCUT2D eigenvalue weighted by molar-refractivity contribution is -0.119. The van der Waals surface area contributed by atoms with Crippen LogP contribution in [-0.4, -0.2) is 10.9 Å². The molecule has 1 amide bonds. The average molecular weight is 386 g/mol. The van der Waals surface area contributed by atoms with E-state index in [-0.39, 0.29) is 29.9 Å². The van der Waals surface area contributed by atoms with Crippen LogP contribution in [0.3, 0.4) is 0 Å². The van der Waals surface area contributed by atoms with E-state index in [4.69, 9.17) is 0 Å². The summed E-state index contributed by atoms with van der Waals surface area (Å²) in [6.07, 6.45) is 0.256. The third kappa shape index (κ3) is 4.98. The number of benzene rings is 2. The number of anilines is 1. The van der Waals surface area contributed by atoms with E-state index >= 15 is 0 Å². The van der Waals surface area contributed by atoms with E-state index in [1.54, 1.807) is 29.2 Å². The van der Waals surface area contributed by atoms with Gasteiger partial charge in [0.25, 0.3) is 0 Å². The van der Waals surface area contributed by atoms with Gasteiger partial charge in [0.05, 0.1) is 17.2 Å². The zero-order valence-electron chi connectivity index (χ0n) is 15.2. The van der Waals surface area contributed by atoms with Gasteiger partial charge in [-0.1, -0.05) is 19.1 Å². The molecule has 0 bridgehead atoms. The topological polar surface area (TPSA) is 33.2 Å². The molecule has 0 spiro atoms. The predicted octanol–water partition coefficient (Wildman–Crippen LogP) is 5.46. The molecule has 0 aliphatic heterocycles. The van der Waals surface area contributed by atoms with Crippen molar-refractivity contribution < 1.29 is 13.6 Å². The van der Waals surface area contributed by atoms with Crippen molar-refractivity contribution in [3.63, 3.8) is 0 Å². The summed E-state index contributed by atoms with van der Waals surface area (Å²) in [6, 6.07) is 12.0. The van der Waals surface area contributed by atoms with E-state index in [0.29, 0.717) is 12.2 Å². The van der Waals surface area contributed by atoms with Crippen LogP contribution in [0.4, 0.5) is 14.5 Å². The Kier molecular flexibility index (Phi) is 5.96. The van der Waals surface area contributed by atoms with Gasteiger partial charge < -0.3 is 4.90 Å². The first-order valence-corrected chi connectivity index (χ1v) is 9.53. The number of hydrogen-bond acceptors (Lipinski definition) is 3. The fraction of sp³-hybridized carbons (Fsp3) is 0.238. The van der Waals surface area contributed by atoms with Crippen molar-refractivity contribution in [3.8, 4) is 0 Å². The highest BCUT2D eigenvalue weighted by atomic mass is 32.1. The summed E-state index contributed by atoms with van der Waals surface area (Å²) in [7, 11) is 0. The minimum absolute atomic E-state index is 0.0711. The second kappa shape index (κ2) is 8.39. The van der Waals surface area contributed by atoms with Gasteiger partial charge in [0.1, 0.15) is 11.6 Å². The Morgan fingerprint density at radius 2 is 1.67 bits per heavy atom. The molecule has 3 aromatic rings. The second-order valence-corrected chi connectivity index (χ2v) is 7.53. The lowest BCUT2D eigenvalue weighted by Crippen LogP contribution is -2.31. The van der Waals surface area contributed by atoms with Gasteiger partial charge in [-0.3, -0.25) is 4.79 Å². The minimum atomic E-state index is -0.352. The average Bonchev–Trinajstić information content (AvgIpc) is 3.06. The van der Waals surface area contributed by atoms with Gasteiger partial charge in [0, 0.05) is 17.5 Å². The molecule has 0 N–H and O–H groups in total. The van der Waals surface area contributed by atoms with Gasteiger partial charge in [-0.05, 0) is 54.8 Å². The van der Waals surface area contributed by atoms with E-state index < -0.39 is 0 Å². The van der Waals surface area contributed by atoms with Crippen LogP contribution >= 0.6 is 11.3 Å². The van der Waals surface area contributed by atoms with Crippen LogP contribution in [0.15, 0.2) is 53.9 Å². The molecule has 0 aliphatic rings. The maximum atomic E-state index is 13.3. The summed E-state index contributed by atoms with van der Waals surface area (Å²) in [4.78, 5) is 19.1. The number of aryl methyl sites for hydroxylation is 1. The van der Waals surface area contributed by atoms with Gasteiger partial charge in [-0.2, -0.15) is 0 Å². The number of amides is 1. The molecule has 0 aliphatic carbocycles. The molecule has 0 saturated carbocycles. The largest absolute Gasteiger partial charge is 0.306 e. The van der Waals surface area contributed by atoms with Crippen LogP contribution < -0.4 is 4.90 Å². The fourth-order valence-corrected chi connectivity index (χ4v) is 3.47. The van der Waals surface area contributed by atoms with Crippen LogP contribution in [0.25, 0.3) is 0 Å². The lowest BCUT2D eigenvalue weighted by Gasteiger charge is -2.24. The van der Waals surface area contributed by atoms with E-state index in [0.717, 1.165) is 16.3 Å². The van der Waals surface area contributed by atoms with Crippen LogP contribution in [-0.2, 0) is 11.3 Å². The summed E-state index contributed by atoms with van der Waals surface area (Å²) in [6.45, 7) is 4.17. The Hall–Kier alpha value is -2.60. The normalized spacial score (nSPS) is 12.0. The van der Waals surface area contributed by atoms with Gasteiger partial charge in [0.2, 0.25) is 5.91 Å². The number of carbonyl (C=O) groups excluding carboxylic acids is 1. The molecule has 1 aromatic heterocycles. The Labute approximate surface area is 161 Å². The van der Waals surface area contributed by atoms with Crippen molar-refractivity contribution in [1.82, 2.24) is 4.98 Å². The highest BCUT2D eigenvalue weighted by Crippen LogP contribution is 2.25. The van der Waals surface area contributed by atoms with Crippen molar-refractivity contribution in [3.05, 3.63) is 81.8 Å². The number of aromatic nitrogens is 1. The zero-order chi connectivity index (χ0) is 19.4. The van der Waals surface area contributed by atoms with Crippen molar-refractivity contribution in [2.24, 2.45) is 0 Å². The zero-order valence-corrected chi connectivity index (χ0v) is 16.0. The molecule has 0 saturated heterocycles. The fourth-order valence-electron chi connectivity index (χ4n) is 2.87. The number of halogens is 2. The maximum Gasteiger partial charge on any atom is 0.227 e. The standard InChI is InChI=1S/C21H20F2N2OS/c1-14(16-3-5-17(22)6-4-16)11-21(26)25(12-19-13-27-15(2)24-19)20-9-7-18(23)8-10-20/h3-10,13-14H,11-12H2,1-2H3. The Bertz CT molecular complexity index is 907. The first-order chi connectivity index (χ1) is 12.9. The van der Waals surface area contributed by atoms with Gasteiger partial charge in [0.15, 0.2) is 0 Å². The van der Waals surface area contributed by atoms with Crippen LogP contribution in [0.2, 0.25) is 0 Å². The summed E-state index contributed by atoms with van der Waals surface area (Å²) in [5.74, 6) is -0.818. The second-order valence-electron chi connectivity index (χ2n) is 6.47. The van der Waals surface area contributed by atoms with Crippen molar-refractivity contribution in [2.75, 3.05) is 4.90 Å². The van der Waals surface area contributed by atoms with Crippen LogP contribution in [0.5, 0.6) is 0 Å². The molecule has 0 radical (unpaired) electrons. The molecular formula is C21H20F2N2OS. The highest BCUT2D eigenvalue weighted by Gasteiger charge is 2.21. The summed E-state index contributed by atoms with van der Waals surface area (Å²) in [5.41, 5.74) is 2.32. The lowest BCUT2D eigenvalue weighted by atomic mass is 9.97. The van der Waals surface area contributed by atoms with E-state index in [1.165, 1.54) is 35.6 Å². The van der Waals surface area contributed by atoms with Crippen molar-refractivity contribution >= 4 is 22.9 Å². The number of rotatable bonds is 6. The molecule has 0 fully saturated rings. The molecule has 3 rings (SSSR count). The molecule has 1 atom stereocenters. The van der Waals surface area contributed by atoms with E-state index in [1.807, 2.05) is 19.2 Å². The third-order valence-corrected chi connectivity index (χ3v) is 5.17. The number of carbonyl (C=O) groups is 1. The van der Waals surface area contributed by atoms with Gasteiger partial charge >= 0.3 is 0 Å². The Morgan fingerprint density at radius 3 is 2.22 bits per heavy atom. The molecule has 2 aromatic carbocycles. The predicted molar refractivity (Wildman–Crippen MR) is 104 cm³/mol.